The van der Waals surface area contributed by atoms with Gasteiger partial charge in [-0.15, -0.1) is 0 Å². The van der Waals surface area contributed by atoms with Crippen LogP contribution in [-0.4, -0.2) is 28.0 Å². The summed E-state index contributed by atoms with van der Waals surface area (Å²) in [5.41, 5.74) is 19.0. The van der Waals surface area contributed by atoms with E-state index in [2.05, 4.69) is 20.6 Å². The van der Waals surface area contributed by atoms with E-state index in [4.69, 9.17) is 17.2 Å². The van der Waals surface area contributed by atoms with Crippen LogP contribution in [0.25, 0.3) is 0 Å². The second-order valence-corrected chi connectivity index (χ2v) is 6.82. The van der Waals surface area contributed by atoms with Crippen LogP contribution >= 0.6 is 0 Å². The van der Waals surface area contributed by atoms with Gasteiger partial charge in [-0.1, -0.05) is 18.9 Å². The maximum Gasteiger partial charge on any atom is 0.254 e. The van der Waals surface area contributed by atoms with Crippen molar-refractivity contribution >= 4 is 29.0 Å². The number of amides is 1. The van der Waals surface area contributed by atoms with E-state index in [0.29, 0.717) is 11.8 Å². The Hall–Kier alpha value is -3.17. The van der Waals surface area contributed by atoms with Crippen LogP contribution < -0.4 is 33.2 Å². The van der Waals surface area contributed by atoms with E-state index in [9.17, 15) is 4.79 Å². The zero-order valence-electron chi connectivity index (χ0n) is 15.6. The van der Waals surface area contributed by atoms with E-state index in [1.54, 1.807) is 6.20 Å². The van der Waals surface area contributed by atoms with E-state index in [1.807, 2.05) is 29.6 Å². The predicted octanol–water partition coefficient (Wildman–Crippen LogP) is 0.626. The van der Waals surface area contributed by atoms with Crippen LogP contribution in [0.3, 0.4) is 0 Å². The van der Waals surface area contributed by atoms with E-state index in [0.717, 1.165) is 37.1 Å². The molecule has 1 amide bonds. The van der Waals surface area contributed by atoms with Crippen molar-refractivity contribution in [1.29, 1.82) is 0 Å². The van der Waals surface area contributed by atoms with E-state index < -0.39 is 5.91 Å². The van der Waals surface area contributed by atoms with Crippen molar-refractivity contribution in [2.24, 2.45) is 17.2 Å². The van der Waals surface area contributed by atoms with Crippen molar-refractivity contribution in [1.82, 2.24) is 9.97 Å². The zero-order valence-corrected chi connectivity index (χ0v) is 15.6. The maximum absolute atomic E-state index is 11.8. The average molecular weight is 383 g/mol. The molecule has 148 valence electrons. The molecule has 1 aliphatic rings. The smallest absolute Gasteiger partial charge is 0.254 e. The minimum Gasteiger partial charge on any atom is -0.400 e. The number of hydrogen-bond acceptors (Lipinski definition) is 7. The third-order valence-electron chi connectivity index (χ3n) is 4.74. The Balaban J connectivity index is 1.83. The first kappa shape index (κ1) is 19.6. The summed E-state index contributed by atoms with van der Waals surface area (Å²) in [5.74, 6) is 0.168. The highest BCUT2D eigenvalue weighted by Gasteiger charge is 2.23. The molecular weight excluding hydrogens is 356 g/mol. The van der Waals surface area contributed by atoms with Crippen molar-refractivity contribution in [3.63, 3.8) is 0 Å². The van der Waals surface area contributed by atoms with Gasteiger partial charge < -0.3 is 27.8 Å². The minimum absolute atomic E-state index is 0.0624. The largest absolute Gasteiger partial charge is 0.400 e. The molecule has 1 saturated carbocycles. The SMILES string of the molecule is N/C=C\[NH2+]c1cccc(Nc2nc(N[C@@H]3CCCC[C@@H]3N)ncc2C(N)=O)c1. The van der Waals surface area contributed by atoms with Crippen LogP contribution in [0.4, 0.5) is 23.1 Å². The van der Waals surface area contributed by atoms with Crippen LogP contribution in [-0.2, 0) is 0 Å². The molecule has 0 saturated heterocycles. The highest BCUT2D eigenvalue weighted by atomic mass is 16.1. The van der Waals surface area contributed by atoms with Gasteiger partial charge in [0.2, 0.25) is 5.95 Å². The first-order chi connectivity index (χ1) is 13.6. The Kier molecular flexibility index (Phi) is 6.41. The van der Waals surface area contributed by atoms with Gasteiger partial charge in [-0.2, -0.15) is 4.98 Å². The fourth-order valence-electron chi connectivity index (χ4n) is 3.26. The van der Waals surface area contributed by atoms with Gasteiger partial charge >= 0.3 is 0 Å². The fraction of sp³-hybridized carbons (Fsp3) is 0.316. The van der Waals surface area contributed by atoms with Crippen molar-refractivity contribution < 1.29 is 10.1 Å². The molecule has 1 aliphatic carbocycles. The van der Waals surface area contributed by atoms with Gasteiger partial charge in [0, 0.05) is 36.2 Å². The summed E-state index contributed by atoms with van der Waals surface area (Å²) in [6.07, 6.45) is 8.84. The van der Waals surface area contributed by atoms with E-state index in [1.165, 1.54) is 12.4 Å². The van der Waals surface area contributed by atoms with Crippen LogP contribution in [0.1, 0.15) is 36.0 Å². The summed E-state index contributed by atoms with van der Waals surface area (Å²) >= 11 is 0. The van der Waals surface area contributed by atoms with E-state index in [-0.39, 0.29) is 17.6 Å². The van der Waals surface area contributed by atoms with E-state index >= 15 is 0 Å². The minimum atomic E-state index is -0.600. The van der Waals surface area contributed by atoms with Gasteiger partial charge in [0.05, 0.1) is 0 Å². The molecule has 0 spiro atoms. The van der Waals surface area contributed by atoms with Crippen LogP contribution in [0.5, 0.6) is 0 Å². The number of anilines is 3. The summed E-state index contributed by atoms with van der Waals surface area (Å²) in [5, 5.41) is 8.33. The zero-order chi connectivity index (χ0) is 19.9. The summed E-state index contributed by atoms with van der Waals surface area (Å²) < 4.78 is 0. The lowest BCUT2D eigenvalue weighted by Gasteiger charge is -2.29. The Morgan fingerprint density at radius 3 is 2.86 bits per heavy atom. The Bertz CT molecular complexity index is 854. The summed E-state index contributed by atoms with van der Waals surface area (Å²) in [6.45, 7) is 0. The number of nitrogens with two attached hydrogens (primary N) is 4. The van der Waals surface area contributed by atoms with Crippen LogP contribution in [0.2, 0.25) is 0 Å². The van der Waals surface area contributed by atoms with Crippen molar-refractivity contribution in [2.75, 3.05) is 10.6 Å². The molecule has 2 aromatic rings. The van der Waals surface area contributed by atoms with Crippen molar-refractivity contribution in [3.05, 3.63) is 48.4 Å². The summed E-state index contributed by atoms with van der Waals surface area (Å²) in [4.78, 5) is 20.5. The monoisotopic (exact) mass is 383 g/mol. The highest BCUT2D eigenvalue weighted by Crippen LogP contribution is 2.23. The molecule has 0 aliphatic heterocycles. The second kappa shape index (κ2) is 9.16. The molecule has 0 radical (unpaired) electrons. The normalized spacial score (nSPS) is 19.5. The first-order valence-electron chi connectivity index (χ1n) is 9.34. The van der Waals surface area contributed by atoms with Gasteiger partial charge in [-0.05, 0) is 25.0 Å². The lowest BCUT2D eigenvalue weighted by Crippen LogP contribution is -2.71. The third-order valence-corrected chi connectivity index (χ3v) is 4.74. The molecule has 1 heterocycles. The van der Waals surface area contributed by atoms with Crippen LogP contribution in [0, 0.1) is 0 Å². The number of nitrogens with one attached hydrogen (secondary N) is 2. The van der Waals surface area contributed by atoms with Gasteiger partial charge in [0.15, 0.2) is 0 Å². The van der Waals surface area contributed by atoms with Gasteiger partial charge in [0.25, 0.3) is 5.91 Å². The number of hydrogen-bond donors (Lipinski definition) is 6. The molecule has 0 unspecified atom stereocenters. The average Bonchev–Trinajstić information content (AvgIpc) is 2.68. The van der Waals surface area contributed by atoms with Crippen molar-refractivity contribution in [2.45, 2.75) is 37.8 Å². The van der Waals surface area contributed by atoms with Crippen LogP contribution in [0.15, 0.2) is 42.9 Å². The lowest BCUT2D eigenvalue weighted by molar-refractivity contribution is -0.496. The molecule has 2 atom stereocenters. The Morgan fingerprint density at radius 1 is 1.29 bits per heavy atom. The second-order valence-electron chi connectivity index (χ2n) is 6.82. The quantitative estimate of drug-likeness (QED) is 0.382. The molecule has 28 heavy (non-hydrogen) atoms. The Morgan fingerprint density at radius 2 is 2.11 bits per heavy atom. The molecule has 9 nitrogen and oxygen atoms in total. The summed E-state index contributed by atoms with van der Waals surface area (Å²) in [6, 6.07) is 7.80. The number of quaternary nitrogens is 1. The maximum atomic E-state index is 11.8. The standard InChI is InChI=1S/C19H26N8O/c20-8-9-23-12-4-3-5-13(10-12)25-18-14(17(22)28)11-24-19(27-18)26-16-7-2-1-6-15(16)21/h3-5,8-11,15-16,23H,1-2,6-7,20-21H2,(H2,22,28)(H2,24,25,26,27)/p+1/b9-8-/t15-,16+/m0/s1. The number of nitrogens with zero attached hydrogens (tertiary/aromatic N) is 2. The summed E-state index contributed by atoms with van der Waals surface area (Å²) in [7, 11) is 0. The molecule has 3 rings (SSSR count). The van der Waals surface area contributed by atoms with Gasteiger partial charge in [-0.25, -0.2) is 4.98 Å². The number of aromatic nitrogens is 2. The Labute approximate surface area is 163 Å². The molecule has 9 heteroatoms. The molecule has 1 aromatic carbocycles. The number of carbonyl (C=O) groups is 1. The van der Waals surface area contributed by atoms with Gasteiger partial charge in [0.1, 0.15) is 23.3 Å². The van der Waals surface area contributed by atoms with Crippen molar-refractivity contribution in [3.8, 4) is 0 Å². The number of benzene rings is 1. The number of carbonyl (C=O) groups excluding carboxylic acids is 1. The molecule has 1 aromatic heterocycles. The fourth-order valence-corrected chi connectivity index (χ4v) is 3.26. The number of rotatable bonds is 7. The predicted molar refractivity (Wildman–Crippen MR) is 109 cm³/mol. The molecule has 1 fully saturated rings. The topological polar surface area (TPSA) is 162 Å². The highest BCUT2D eigenvalue weighted by molar-refractivity contribution is 5.98. The third kappa shape index (κ3) is 4.96. The molecular formula is C19H27N8O+. The number of primary amides is 1. The first-order valence-corrected chi connectivity index (χ1v) is 9.34. The molecule has 10 N–H and O–H groups in total. The molecule has 0 bridgehead atoms. The van der Waals surface area contributed by atoms with Gasteiger partial charge in [-0.3, -0.25) is 10.1 Å². The lowest BCUT2D eigenvalue weighted by atomic mass is 9.91.